The Balaban J connectivity index is 1.46. The predicted molar refractivity (Wildman–Crippen MR) is 118 cm³/mol. The molecule has 1 aromatic rings. The van der Waals surface area contributed by atoms with Crippen molar-refractivity contribution in [2.75, 3.05) is 18.4 Å². The van der Waals surface area contributed by atoms with E-state index in [1.54, 1.807) is 24.3 Å². The molecular formula is C24H35N3O3. The van der Waals surface area contributed by atoms with E-state index in [2.05, 4.69) is 10.6 Å². The number of rotatable bonds is 6. The van der Waals surface area contributed by atoms with Crippen LogP contribution in [0.2, 0.25) is 0 Å². The predicted octanol–water partition coefficient (Wildman–Crippen LogP) is 4.12. The number of hydrogen-bond acceptors (Lipinski definition) is 3. The molecule has 2 aliphatic rings. The van der Waals surface area contributed by atoms with Gasteiger partial charge in [0.15, 0.2) is 0 Å². The third-order valence-corrected chi connectivity index (χ3v) is 6.25. The molecule has 30 heavy (non-hydrogen) atoms. The van der Waals surface area contributed by atoms with Crippen molar-refractivity contribution in [3.8, 4) is 0 Å². The maximum Gasteiger partial charge on any atom is 0.253 e. The van der Waals surface area contributed by atoms with Crippen LogP contribution in [0.4, 0.5) is 5.69 Å². The number of anilines is 1. The molecule has 2 fully saturated rings. The third kappa shape index (κ3) is 6.31. The minimum atomic E-state index is -0.0132. The number of amides is 3. The van der Waals surface area contributed by atoms with Gasteiger partial charge >= 0.3 is 0 Å². The van der Waals surface area contributed by atoms with Crippen LogP contribution >= 0.6 is 0 Å². The highest BCUT2D eigenvalue weighted by Crippen LogP contribution is 2.22. The number of likely N-dealkylation sites (tertiary alicyclic amines) is 1. The molecule has 3 amide bonds. The summed E-state index contributed by atoms with van der Waals surface area (Å²) in [5.41, 5.74) is 1.32. The molecule has 0 spiro atoms. The summed E-state index contributed by atoms with van der Waals surface area (Å²) in [6, 6.07) is 7.39. The Bertz CT molecular complexity index is 716. The Morgan fingerprint density at radius 3 is 2.17 bits per heavy atom. The fourth-order valence-corrected chi connectivity index (χ4v) is 4.42. The first kappa shape index (κ1) is 22.3. The number of benzene rings is 1. The molecule has 1 heterocycles. The zero-order valence-corrected chi connectivity index (χ0v) is 18.1. The molecule has 1 aliphatic heterocycles. The summed E-state index contributed by atoms with van der Waals surface area (Å²) in [4.78, 5) is 39.0. The lowest BCUT2D eigenvalue weighted by molar-refractivity contribution is -0.127. The van der Waals surface area contributed by atoms with Crippen LogP contribution in [0, 0.1) is 5.92 Å². The second-order valence-electron chi connectivity index (χ2n) is 8.64. The van der Waals surface area contributed by atoms with Gasteiger partial charge in [-0.2, -0.15) is 0 Å². The molecule has 6 nitrogen and oxygen atoms in total. The number of carbonyl (C=O) groups excluding carboxylic acids is 3. The Morgan fingerprint density at radius 2 is 1.57 bits per heavy atom. The summed E-state index contributed by atoms with van der Waals surface area (Å²) in [6.07, 6.45) is 9.89. The Kier molecular flexibility index (Phi) is 8.29. The van der Waals surface area contributed by atoms with E-state index in [4.69, 9.17) is 0 Å². The van der Waals surface area contributed by atoms with E-state index in [0.29, 0.717) is 36.8 Å². The average Bonchev–Trinajstić information content (AvgIpc) is 3.03. The largest absolute Gasteiger partial charge is 0.353 e. The number of nitrogens with one attached hydrogen (secondary N) is 2. The van der Waals surface area contributed by atoms with E-state index in [9.17, 15) is 14.4 Å². The first-order valence-corrected chi connectivity index (χ1v) is 11.6. The van der Waals surface area contributed by atoms with Gasteiger partial charge in [0.05, 0.1) is 0 Å². The molecule has 0 atom stereocenters. The SMILES string of the molecule is CCCC(=O)Nc1ccc(C(=O)N2CCC(C(=O)NC3CCCCCC3)CC2)cc1. The van der Waals surface area contributed by atoms with Gasteiger partial charge in [-0.05, 0) is 56.4 Å². The molecule has 1 saturated carbocycles. The van der Waals surface area contributed by atoms with Crippen LogP contribution in [0.3, 0.4) is 0 Å². The summed E-state index contributed by atoms with van der Waals surface area (Å²) in [6.45, 7) is 3.18. The van der Waals surface area contributed by atoms with Gasteiger partial charge in [0.25, 0.3) is 5.91 Å². The van der Waals surface area contributed by atoms with Gasteiger partial charge in [0.2, 0.25) is 11.8 Å². The van der Waals surface area contributed by atoms with Crippen LogP contribution in [0.1, 0.15) is 81.5 Å². The summed E-state index contributed by atoms with van der Waals surface area (Å²) < 4.78 is 0. The van der Waals surface area contributed by atoms with Crippen molar-refractivity contribution in [3.05, 3.63) is 29.8 Å². The summed E-state index contributed by atoms with van der Waals surface area (Å²) >= 11 is 0. The molecule has 1 saturated heterocycles. The van der Waals surface area contributed by atoms with Gasteiger partial charge in [-0.15, -0.1) is 0 Å². The molecule has 6 heteroatoms. The van der Waals surface area contributed by atoms with Crippen LogP contribution < -0.4 is 10.6 Å². The number of carbonyl (C=O) groups is 3. The second kappa shape index (κ2) is 11.1. The summed E-state index contributed by atoms with van der Waals surface area (Å²) in [5.74, 6) is 0.152. The lowest BCUT2D eigenvalue weighted by Crippen LogP contribution is -2.45. The Hall–Kier alpha value is -2.37. The number of nitrogens with zero attached hydrogens (tertiary/aromatic N) is 1. The van der Waals surface area contributed by atoms with Gasteiger partial charge in [0.1, 0.15) is 0 Å². The Labute approximate surface area is 179 Å². The van der Waals surface area contributed by atoms with E-state index in [-0.39, 0.29) is 23.6 Å². The van der Waals surface area contributed by atoms with E-state index < -0.39 is 0 Å². The van der Waals surface area contributed by atoms with Crippen molar-refractivity contribution in [2.24, 2.45) is 5.92 Å². The van der Waals surface area contributed by atoms with Gasteiger partial charge in [-0.3, -0.25) is 14.4 Å². The first-order chi connectivity index (χ1) is 14.6. The number of hydrogen-bond donors (Lipinski definition) is 2. The average molecular weight is 414 g/mol. The summed E-state index contributed by atoms with van der Waals surface area (Å²) in [5, 5.41) is 6.09. The zero-order chi connectivity index (χ0) is 21.3. The molecule has 0 aromatic heterocycles. The minimum absolute atomic E-state index is 0.00783. The third-order valence-electron chi connectivity index (χ3n) is 6.25. The molecule has 0 unspecified atom stereocenters. The molecule has 2 N–H and O–H groups in total. The quantitative estimate of drug-likeness (QED) is 0.689. The van der Waals surface area contributed by atoms with E-state index in [0.717, 1.165) is 32.1 Å². The van der Waals surface area contributed by atoms with Crippen LogP contribution in [0.5, 0.6) is 0 Å². The maximum atomic E-state index is 12.8. The molecule has 3 rings (SSSR count). The van der Waals surface area contributed by atoms with Gasteiger partial charge in [0, 0.05) is 42.7 Å². The highest BCUT2D eigenvalue weighted by Gasteiger charge is 2.29. The molecule has 164 valence electrons. The second-order valence-corrected chi connectivity index (χ2v) is 8.64. The van der Waals surface area contributed by atoms with Crippen molar-refractivity contribution >= 4 is 23.4 Å². The molecule has 1 aromatic carbocycles. The molecular weight excluding hydrogens is 378 g/mol. The van der Waals surface area contributed by atoms with Crippen LogP contribution in [0.25, 0.3) is 0 Å². The van der Waals surface area contributed by atoms with E-state index >= 15 is 0 Å². The van der Waals surface area contributed by atoms with Crippen molar-refractivity contribution < 1.29 is 14.4 Å². The Morgan fingerprint density at radius 1 is 0.933 bits per heavy atom. The smallest absolute Gasteiger partial charge is 0.253 e. The lowest BCUT2D eigenvalue weighted by Gasteiger charge is -2.32. The van der Waals surface area contributed by atoms with Gasteiger partial charge < -0.3 is 15.5 Å². The van der Waals surface area contributed by atoms with E-state index in [1.165, 1.54) is 25.7 Å². The fraction of sp³-hybridized carbons (Fsp3) is 0.625. The van der Waals surface area contributed by atoms with Crippen molar-refractivity contribution in [2.45, 2.75) is 77.2 Å². The normalized spacial score (nSPS) is 18.5. The summed E-state index contributed by atoms with van der Waals surface area (Å²) in [7, 11) is 0. The molecule has 1 aliphatic carbocycles. The monoisotopic (exact) mass is 413 g/mol. The van der Waals surface area contributed by atoms with E-state index in [1.807, 2.05) is 11.8 Å². The fourth-order valence-electron chi connectivity index (χ4n) is 4.42. The topological polar surface area (TPSA) is 78.5 Å². The minimum Gasteiger partial charge on any atom is -0.353 e. The van der Waals surface area contributed by atoms with Crippen LogP contribution in [0.15, 0.2) is 24.3 Å². The standard InChI is InChI=1S/C24H35N3O3/c1-2-7-22(28)25-21-12-10-19(11-13-21)24(30)27-16-14-18(15-17-27)23(29)26-20-8-5-3-4-6-9-20/h10-13,18,20H,2-9,14-17H2,1H3,(H,25,28)(H,26,29). The van der Waals surface area contributed by atoms with Crippen LogP contribution in [-0.2, 0) is 9.59 Å². The zero-order valence-electron chi connectivity index (χ0n) is 18.1. The molecule has 0 bridgehead atoms. The molecule has 0 radical (unpaired) electrons. The maximum absolute atomic E-state index is 12.8. The lowest BCUT2D eigenvalue weighted by atomic mass is 9.94. The number of piperidine rings is 1. The van der Waals surface area contributed by atoms with Crippen molar-refractivity contribution in [1.82, 2.24) is 10.2 Å². The highest BCUT2D eigenvalue weighted by molar-refractivity contribution is 5.96. The van der Waals surface area contributed by atoms with Crippen molar-refractivity contribution in [3.63, 3.8) is 0 Å². The first-order valence-electron chi connectivity index (χ1n) is 11.6. The van der Waals surface area contributed by atoms with Crippen LogP contribution in [-0.4, -0.2) is 41.8 Å². The van der Waals surface area contributed by atoms with Gasteiger partial charge in [-0.25, -0.2) is 0 Å². The van der Waals surface area contributed by atoms with Gasteiger partial charge in [-0.1, -0.05) is 32.6 Å². The van der Waals surface area contributed by atoms with Crippen molar-refractivity contribution in [1.29, 1.82) is 0 Å². The highest BCUT2D eigenvalue weighted by atomic mass is 16.2.